The highest BCUT2D eigenvalue weighted by Gasteiger charge is 2.06. The zero-order valence-corrected chi connectivity index (χ0v) is 15.4. The SMILES string of the molecule is CCOc1ccc(OCC(=O)NCC#Cc2ccccc2C(=O)NC)cc1. The van der Waals surface area contributed by atoms with Gasteiger partial charge in [0.15, 0.2) is 6.61 Å². The van der Waals surface area contributed by atoms with Crippen molar-refractivity contribution in [3.05, 3.63) is 59.7 Å². The number of nitrogens with one attached hydrogen (secondary N) is 2. The third-order valence-corrected chi connectivity index (χ3v) is 3.50. The molecule has 0 saturated carbocycles. The standard InChI is InChI=1S/C21H22N2O4/c1-3-26-17-10-12-18(13-11-17)27-15-20(24)23-14-6-8-16-7-4-5-9-19(16)21(25)22-2/h4-5,7,9-13H,3,14-15H2,1-2H3,(H,22,25)(H,23,24). The normalized spacial score (nSPS) is 9.56. The van der Waals surface area contributed by atoms with E-state index in [2.05, 4.69) is 22.5 Å². The van der Waals surface area contributed by atoms with Crippen molar-refractivity contribution >= 4 is 11.8 Å². The molecular weight excluding hydrogens is 344 g/mol. The van der Waals surface area contributed by atoms with Crippen LogP contribution in [0.15, 0.2) is 48.5 Å². The lowest BCUT2D eigenvalue weighted by Gasteiger charge is -2.07. The molecule has 0 spiro atoms. The second-order valence-electron chi connectivity index (χ2n) is 5.40. The van der Waals surface area contributed by atoms with Crippen LogP contribution in [0.25, 0.3) is 0 Å². The molecule has 0 heterocycles. The van der Waals surface area contributed by atoms with Crippen molar-refractivity contribution in [2.75, 3.05) is 26.8 Å². The first-order chi connectivity index (χ1) is 13.1. The Kier molecular flexibility index (Phi) is 7.73. The summed E-state index contributed by atoms with van der Waals surface area (Å²) in [6.45, 7) is 2.56. The quantitative estimate of drug-likeness (QED) is 0.735. The van der Waals surface area contributed by atoms with E-state index in [9.17, 15) is 9.59 Å². The molecule has 0 saturated heterocycles. The van der Waals surface area contributed by atoms with Crippen LogP contribution in [0.1, 0.15) is 22.8 Å². The summed E-state index contributed by atoms with van der Waals surface area (Å²) in [7, 11) is 1.57. The number of benzene rings is 2. The molecule has 2 aromatic rings. The summed E-state index contributed by atoms with van der Waals surface area (Å²) in [6.07, 6.45) is 0. The van der Waals surface area contributed by atoms with E-state index < -0.39 is 0 Å². The Morgan fingerprint density at radius 2 is 1.67 bits per heavy atom. The predicted molar refractivity (Wildman–Crippen MR) is 103 cm³/mol. The maximum atomic E-state index is 11.8. The van der Waals surface area contributed by atoms with Crippen LogP contribution in [0, 0.1) is 11.8 Å². The lowest BCUT2D eigenvalue weighted by atomic mass is 10.1. The summed E-state index contributed by atoms with van der Waals surface area (Å²) in [5, 5.41) is 5.23. The van der Waals surface area contributed by atoms with Crippen molar-refractivity contribution in [1.82, 2.24) is 10.6 Å². The maximum Gasteiger partial charge on any atom is 0.258 e. The van der Waals surface area contributed by atoms with E-state index >= 15 is 0 Å². The molecule has 0 radical (unpaired) electrons. The van der Waals surface area contributed by atoms with E-state index in [4.69, 9.17) is 9.47 Å². The summed E-state index contributed by atoms with van der Waals surface area (Å²) >= 11 is 0. The van der Waals surface area contributed by atoms with Gasteiger partial charge in [-0.1, -0.05) is 24.0 Å². The van der Waals surface area contributed by atoms with Gasteiger partial charge in [-0.2, -0.15) is 0 Å². The molecule has 2 N–H and O–H groups in total. The minimum atomic E-state index is -0.280. The molecule has 0 fully saturated rings. The summed E-state index contributed by atoms with van der Waals surface area (Å²) in [6, 6.07) is 14.1. The van der Waals surface area contributed by atoms with Gasteiger partial charge in [0.05, 0.1) is 18.7 Å². The lowest BCUT2D eigenvalue weighted by molar-refractivity contribution is -0.122. The molecule has 0 atom stereocenters. The first-order valence-corrected chi connectivity index (χ1v) is 8.56. The maximum absolute atomic E-state index is 11.8. The zero-order valence-electron chi connectivity index (χ0n) is 15.4. The zero-order chi connectivity index (χ0) is 19.5. The summed E-state index contributed by atoms with van der Waals surface area (Å²) in [4.78, 5) is 23.6. The molecule has 0 aromatic heterocycles. The molecule has 2 rings (SSSR count). The minimum Gasteiger partial charge on any atom is -0.494 e. The molecule has 0 aliphatic carbocycles. The Morgan fingerprint density at radius 1 is 1.00 bits per heavy atom. The van der Waals surface area contributed by atoms with Gasteiger partial charge >= 0.3 is 0 Å². The van der Waals surface area contributed by atoms with Gasteiger partial charge in [-0.25, -0.2) is 0 Å². The second-order valence-corrected chi connectivity index (χ2v) is 5.40. The van der Waals surface area contributed by atoms with Crippen molar-refractivity contribution in [3.63, 3.8) is 0 Å². The number of carbonyl (C=O) groups is 2. The highest BCUT2D eigenvalue weighted by Crippen LogP contribution is 2.17. The van der Waals surface area contributed by atoms with Crippen LogP contribution in [0.2, 0.25) is 0 Å². The van der Waals surface area contributed by atoms with Gasteiger partial charge in [-0.15, -0.1) is 0 Å². The molecule has 6 nitrogen and oxygen atoms in total. The monoisotopic (exact) mass is 366 g/mol. The van der Waals surface area contributed by atoms with Crippen LogP contribution >= 0.6 is 0 Å². The Balaban J connectivity index is 1.80. The first kappa shape index (κ1) is 19.9. The average molecular weight is 366 g/mol. The number of amides is 2. The molecule has 140 valence electrons. The minimum absolute atomic E-state index is 0.107. The van der Waals surface area contributed by atoms with Crippen LogP contribution < -0.4 is 20.1 Å². The van der Waals surface area contributed by atoms with Gasteiger partial charge in [0, 0.05) is 12.6 Å². The van der Waals surface area contributed by atoms with E-state index in [-0.39, 0.29) is 25.0 Å². The fourth-order valence-corrected chi connectivity index (χ4v) is 2.21. The number of hydrogen-bond donors (Lipinski definition) is 2. The van der Waals surface area contributed by atoms with Crippen LogP contribution in [-0.4, -0.2) is 38.6 Å². The van der Waals surface area contributed by atoms with Crippen molar-refractivity contribution in [1.29, 1.82) is 0 Å². The van der Waals surface area contributed by atoms with E-state index in [1.165, 1.54) is 0 Å². The van der Waals surface area contributed by atoms with Gasteiger partial charge in [0.25, 0.3) is 11.8 Å². The highest BCUT2D eigenvalue weighted by atomic mass is 16.5. The number of carbonyl (C=O) groups excluding carboxylic acids is 2. The predicted octanol–water partition coefficient (Wildman–Crippen LogP) is 1.99. The highest BCUT2D eigenvalue weighted by molar-refractivity contribution is 5.96. The second kappa shape index (κ2) is 10.5. The largest absolute Gasteiger partial charge is 0.494 e. The van der Waals surface area contributed by atoms with E-state index in [0.717, 1.165) is 5.75 Å². The van der Waals surface area contributed by atoms with Crippen molar-refractivity contribution in [2.24, 2.45) is 0 Å². The Bertz CT molecular complexity index is 835. The van der Waals surface area contributed by atoms with Crippen LogP contribution in [0.3, 0.4) is 0 Å². The first-order valence-electron chi connectivity index (χ1n) is 8.56. The third kappa shape index (κ3) is 6.40. The molecule has 0 bridgehead atoms. The molecule has 0 unspecified atom stereocenters. The van der Waals surface area contributed by atoms with E-state index in [1.54, 1.807) is 55.6 Å². The molecule has 27 heavy (non-hydrogen) atoms. The third-order valence-electron chi connectivity index (χ3n) is 3.50. The van der Waals surface area contributed by atoms with Gasteiger partial charge in [0.2, 0.25) is 0 Å². The Hall–Kier alpha value is -3.46. The number of ether oxygens (including phenoxy) is 2. The lowest BCUT2D eigenvalue weighted by Crippen LogP contribution is -2.29. The number of hydrogen-bond acceptors (Lipinski definition) is 4. The van der Waals surface area contributed by atoms with Crippen LogP contribution in [-0.2, 0) is 4.79 Å². The molecule has 6 heteroatoms. The van der Waals surface area contributed by atoms with Gasteiger partial charge in [-0.05, 0) is 43.3 Å². The van der Waals surface area contributed by atoms with Crippen molar-refractivity contribution in [3.8, 4) is 23.3 Å². The summed E-state index contributed by atoms with van der Waals surface area (Å²) < 4.78 is 10.8. The van der Waals surface area contributed by atoms with Crippen molar-refractivity contribution in [2.45, 2.75) is 6.92 Å². The van der Waals surface area contributed by atoms with Crippen LogP contribution in [0.4, 0.5) is 0 Å². The molecule has 2 aromatic carbocycles. The molecule has 0 aliphatic heterocycles. The number of rotatable bonds is 7. The van der Waals surface area contributed by atoms with E-state index in [1.807, 2.05) is 6.92 Å². The summed E-state index contributed by atoms with van der Waals surface area (Å²) in [5.74, 6) is 6.59. The Labute approximate surface area is 158 Å². The van der Waals surface area contributed by atoms with Crippen LogP contribution in [0.5, 0.6) is 11.5 Å². The van der Waals surface area contributed by atoms with Gasteiger partial charge in [0.1, 0.15) is 11.5 Å². The molecule has 2 amide bonds. The fourth-order valence-electron chi connectivity index (χ4n) is 2.21. The van der Waals surface area contributed by atoms with Gasteiger partial charge < -0.3 is 20.1 Å². The summed E-state index contributed by atoms with van der Waals surface area (Å²) in [5.41, 5.74) is 1.11. The topological polar surface area (TPSA) is 76.7 Å². The molecule has 0 aliphatic rings. The van der Waals surface area contributed by atoms with Crippen molar-refractivity contribution < 1.29 is 19.1 Å². The van der Waals surface area contributed by atoms with Gasteiger partial charge in [-0.3, -0.25) is 9.59 Å². The van der Waals surface area contributed by atoms with E-state index in [0.29, 0.717) is 23.5 Å². The Morgan fingerprint density at radius 3 is 2.33 bits per heavy atom. The molecular formula is C21H22N2O4. The average Bonchev–Trinajstić information content (AvgIpc) is 2.70. The smallest absolute Gasteiger partial charge is 0.258 e. The fraction of sp³-hybridized carbons (Fsp3) is 0.238.